The fraction of sp³-hybridized carbons (Fsp3) is 0.875. The molecule has 0 aliphatic heterocycles. The average Bonchev–Trinajstić information content (AvgIpc) is 2.37. The van der Waals surface area contributed by atoms with E-state index in [9.17, 15) is 9.59 Å². The summed E-state index contributed by atoms with van der Waals surface area (Å²) in [7, 11) is 0. The molecule has 4 nitrogen and oxygen atoms in total. The summed E-state index contributed by atoms with van der Waals surface area (Å²) in [6.45, 7) is 3.01. The molecule has 1 amide bonds. The number of hydrogen-bond donors (Lipinski definition) is 2. The molecule has 1 aliphatic carbocycles. The number of rotatable bonds is 9. The van der Waals surface area contributed by atoms with Gasteiger partial charge in [-0.25, -0.2) is 0 Å². The van der Waals surface area contributed by atoms with Gasteiger partial charge in [0.1, 0.15) is 0 Å². The normalized spacial score (nSPS) is 22.4. The van der Waals surface area contributed by atoms with Crippen LogP contribution in [-0.4, -0.2) is 23.5 Å². The van der Waals surface area contributed by atoms with Crippen molar-refractivity contribution in [3.63, 3.8) is 0 Å². The molecule has 1 fully saturated rings. The molecule has 20 heavy (non-hydrogen) atoms. The van der Waals surface area contributed by atoms with Gasteiger partial charge in [0, 0.05) is 19.4 Å². The molecule has 0 spiro atoms. The van der Waals surface area contributed by atoms with Gasteiger partial charge in [-0.3, -0.25) is 9.59 Å². The molecule has 4 heteroatoms. The minimum Gasteiger partial charge on any atom is -0.481 e. The second kappa shape index (κ2) is 9.78. The molecule has 1 rings (SSSR count). The van der Waals surface area contributed by atoms with Crippen LogP contribution in [0.5, 0.6) is 0 Å². The van der Waals surface area contributed by atoms with E-state index in [1.54, 1.807) is 0 Å². The van der Waals surface area contributed by atoms with Crippen LogP contribution in [0.4, 0.5) is 0 Å². The third kappa shape index (κ3) is 8.18. The van der Waals surface area contributed by atoms with Crippen molar-refractivity contribution in [2.45, 2.75) is 71.1 Å². The van der Waals surface area contributed by atoms with Gasteiger partial charge in [-0.1, -0.05) is 32.6 Å². The van der Waals surface area contributed by atoms with E-state index >= 15 is 0 Å². The minimum absolute atomic E-state index is 0.189. The van der Waals surface area contributed by atoms with Crippen molar-refractivity contribution in [1.82, 2.24) is 5.32 Å². The zero-order valence-corrected chi connectivity index (χ0v) is 12.7. The molecule has 0 aromatic carbocycles. The SMILES string of the molecule is CC1CCCC(CC(=O)NCCCCCCC(=O)O)C1. The quantitative estimate of drug-likeness (QED) is 0.638. The Morgan fingerprint density at radius 2 is 1.90 bits per heavy atom. The molecule has 2 atom stereocenters. The van der Waals surface area contributed by atoms with Crippen molar-refractivity contribution in [3.8, 4) is 0 Å². The first-order valence-electron chi connectivity index (χ1n) is 8.06. The van der Waals surface area contributed by atoms with Crippen LogP contribution in [0.1, 0.15) is 71.1 Å². The zero-order valence-electron chi connectivity index (χ0n) is 12.7. The van der Waals surface area contributed by atoms with E-state index in [0.717, 1.165) is 38.1 Å². The highest BCUT2D eigenvalue weighted by molar-refractivity contribution is 5.76. The van der Waals surface area contributed by atoms with Crippen LogP contribution in [0.15, 0.2) is 0 Å². The summed E-state index contributed by atoms with van der Waals surface area (Å²) in [5.41, 5.74) is 0. The average molecular weight is 283 g/mol. The summed E-state index contributed by atoms with van der Waals surface area (Å²) in [6.07, 6.45) is 9.54. The van der Waals surface area contributed by atoms with E-state index in [1.807, 2.05) is 0 Å². The highest BCUT2D eigenvalue weighted by Crippen LogP contribution is 2.30. The fourth-order valence-corrected chi connectivity index (χ4v) is 3.06. The molecular weight excluding hydrogens is 254 g/mol. The molecule has 1 saturated carbocycles. The van der Waals surface area contributed by atoms with Gasteiger partial charge in [0.2, 0.25) is 5.91 Å². The Morgan fingerprint density at radius 3 is 2.60 bits per heavy atom. The zero-order chi connectivity index (χ0) is 14.8. The highest BCUT2D eigenvalue weighted by atomic mass is 16.4. The monoisotopic (exact) mass is 283 g/mol. The molecule has 2 unspecified atom stereocenters. The van der Waals surface area contributed by atoms with E-state index < -0.39 is 5.97 Å². The van der Waals surface area contributed by atoms with Crippen molar-refractivity contribution in [2.24, 2.45) is 11.8 Å². The third-order valence-corrected chi connectivity index (χ3v) is 4.16. The number of amides is 1. The molecule has 0 saturated heterocycles. The second-order valence-corrected chi connectivity index (χ2v) is 6.25. The minimum atomic E-state index is -0.722. The van der Waals surface area contributed by atoms with Crippen molar-refractivity contribution in [1.29, 1.82) is 0 Å². The maximum Gasteiger partial charge on any atom is 0.303 e. The van der Waals surface area contributed by atoms with Gasteiger partial charge < -0.3 is 10.4 Å². The van der Waals surface area contributed by atoms with E-state index in [0.29, 0.717) is 12.3 Å². The third-order valence-electron chi connectivity index (χ3n) is 4.16. The Labute approximate surface area is 122 Å². The van der Waals surface area contributed by atoms with Crippen molar-refractivity contribution >= 4 is 11.9 Å². The number of carbonyl (C=O) groups excluding carboxylic acids is 1. The maximum absolute atomic E-state index is 11.8. The predicted octanol–water partition coefficient (Wildman–Crippen LogP) is 3.35. The number of aliphatic carboxylic acids is 1. The van der Waals surface area contributed by atoms with E-state index in [-0.39, 0.29) is 12.3 Å². The van der Waals surface area contributed by atoms with E-state index in [1.165, 1.54) is 25.7 Å². The molecule has 0 aromatic heterocycles. The van der Waals surface area contributed by atoms with E-state index in [4.69, 9.17) is 5.11 Å². The van der Waals surface area contributed by atoms with Gasteiger partial charge in [-0.15, -0.1) is 0 Å². The lowest BCUT2D eigenvalue weighted by Crippen LogP contribution is -2.28. The van der Waals surface area contributed by atoms with Crippen LogP contribution in [-0.2, 0) is 9.59 Å². The van der Waals surface area contributed by atoms with Crippen LogP contribution in [0.25, 0.3) is 0 Å². The predicted molar refractivity (Wildman–Crippen MR) is 79.5 cm³/mol. The second-order valence-electron chi connectivity index (χ2n) is 6.25. The lowest BCUT2D eigenvalue weighted by atomic mass is 9.81. The largest absolute Gasteiger partial charge is 0.481 e. The summed E-state index contributed by atoms with van der Waals surface area (Å²) >= 11 is 0. The van der Waals surface area contributed by atoms with Gasteiger partial charge in [0.15, 0.2) is 0 Å². The Kier molecular flexibility index (Phi) is 8.31. The summed E-state index contributed by atoms with van der Waals surface area (Å²) in [6, 6.07) is 0. The standard InChI is InChI=1S/C16H29NO3/c1-13-7-6-8-14(11-13)12-15(18)17-10-5-3-2-4-9-16(19)20/h13-14H,2-12H2,1H3,(H,17,18)(H,19,20). The molecule has 2 N–H and O–H groups in total. The molecule has 1 aliphatic rings. The number of carbonyl (C=O) groups is 2. The van der Waals surface area contributed by atoms with E-state index in [2.05, 4.69) is 12.2 Å². The molecule has 0 aromatic rings. The molecular formula is C16H29NO3. The van der Waals surface area contributed by atoms with Crippen LogP contribution in [0.3, 0.4) is 0 Å². The van der Waals surface area contributed by atoms with Crippen LogP contribution in [0.2, 0.25) is 0 Å². The number of unbranched alkanes of at least 4 members (excludes halogenated alkanes) is 3. The lowest BCUT2D eigenvalue weighted by molar-refractivity contribution is -0.137. The summed E-state index contributed by atoms with van der Waals surface area (Å²) < 4.78 is 0. The first-order chi connectivity index (χ1) is 9.58. The Morgan fingerprint density at radius 1 is 1.15 bits per heavy atom. The van der Waals surface area contributed by atoms with Gasteiger partial charge in [-0.2, -0.15) is 0 Å². The molecule has 0 bridgehead atoms. The Bertz CT molecular complexity index is 304. The maximum atomic E-state index is 11.8. The van der Waals surface area contributed by atoms with Gasteiger partial charge in [0.05, 0.1) is 0 Å². The fourth-order valence-electron chi connectivity index (χ4n) is 3.06. The lowest BCUT2D eigenvalue weighted by Gasteiger charge is -2.26. The number of carboxylic acids is 1. The molecule has 0 heterocycles. The van der Waals surface area contributed by atoms with Gasteiger partial charge in [-0.05, 0) is 37.5 Å². The van der Waals surface area contributed by atoms with Crippen molar-refractivity contribution in [3.05, 3.63) is 0 Å². The first kappa shape index (κ1) is 17.0. The smallest absolute Gasteiger partial charge is 0.303 e. The summed E-state index contributed by atoms with van der Waals surface area (Å²) in [5.74, 6) is 0.819. The topological polar surface area (TPSA) is 66.4 Å². The van der Waals surface area contributed by atoms with Gasteiger partial charge in [0.25, 0.3) is 0 Å². The van der Waals surface area contributed by atoms with Crippen LogP contribution < -0.4 is 5.32 Å². The van der Waals surface area contributed by atoms with Crippen LogP contribution in [0, 0.1) is 11.8 Å². The Balaban J connectivity index is 1.96. The Hall–Kier alpha value is -1.06. The number of nitrogens with one attached hydrogen (secondary N) is 1. The molecule has 116 valence electrons. The number of hydrogen-bond acceptors (Lipinski definition) is 2. The summed E-state index contributed by atoms with van der Waals surface area (Å²) in [4.78, 5) is 22.1. The van der Waals surface area contributed by atoms with Gasteiger partial charge >= 0.3 is 5.97 Å². The highest BCUT2D eigenvalue weighted by Gasteiger charge is 2.20. The number of carboxylic acid groups (broad SMARTS) is 1. The first-order valence-corrected chi connectivity index (χ1v) is 8.06. The van der Waals surface area contributed by atoms with Crippen molar-refractivity contribution < 1.29 is 14.7 Å². The van der Waals surface area contributed by atoms with Crippen LogP contribution >= 0.6 is 0 Å². The summed E-state index contributed by atoms with van der Waals surface area (Å²) in [5, 5.41) is 11.5. The molecule has 0 radical (unpaired) electrons. The van der Waals surface area contributed by atoms with Crippen molar-refractivity contribution in [2.75, 3.05) is 6.54 Å².